The molecule has 1 aromatic carbocycles. The summed E-state index contributed by atoms with van der Waals surface area (Å²) in [7, 11) is 1.62. The van der Waals surface area contributed by atoms with E-state index in [1.807, 2.05) is 32.0 Å². The minimum absolute atomic E-state index is 0.0523. The molecule has 1 unspecified atom stereocenters. The van der Waals surface area contributed by atoms with Gasteiger partial charge in [0.15, 0.2) is 12.4 Å². The molecule has 1 amide bonds. The Labute approximate surface area is 125 Å². The molecule has 0 saturated heterocycles. The summed E-state index contributed by atoms with van der Waals surface area (Å²) in [6, 6.07) is 6.88. The van der Waals surface area contributed by atoms with Crippen molar-refractivity contribution in [3.8, 4) is 5.75 Å². The molecule has 0 bridgehead atoms. The standard InChI is InChI=1S/C16H23NO4/c1-11(2)16(12(3)18)17-15(19)10-21-14-7-5-6-13(8-14)9-20-4/h5-8,11,16H,9-10H2,1-4H3,(H,17,19). The summed E-state index contributed by atoms with van der Waals surface area (Å²) in [4.78, 5) is 23.3. The lowest BCUT2D eigenvalue weighted by molar-refractivity contribution is -0.129. The fraction of sp³-hybridized carbons (Fsp3) is 0.500. The lowest BCUT2D eigenvalue weighted by Gasteiger charge is -2.19. The number of nitrogens with one attached hydrogen (secondary N) is 1. The molecule has 0 spiro atoms. The van der Waals surface area contributed by atoms with Gasteiger partial charge in [0.05, 0.1) is 12.6 Å². The van der Waals surface area contributed by atoms with Gasteiger partial charge in [0, 0.05) is 7.11 Å². The van der Waals surface area contributed by atoms with Crippen LogP contribution in [0.5, 0.6) is 5.75 Å². The van der Waals surface area contributed by atoms with Crippen LogP contribution in [0.3, 0.4) is 0 Å². The van der Waals surface area contributed by atoms with Crippen LogP contribution in [0.2, 0.25) is 0 Å². The van der Waals surface area contributed by atoms with Crippen LogP contribution >= 0.6 is 0 Å². The Morgan fingerprint density at radius 1 is 1.29 bits per heavy atom. The van der Waals surface area contributed by atoms with Crippen LogP contribution in [-0.2, 0) is 20.9 Å². The summed E-state index contributed by atoms with van der Waals surface area (Å²) in [6.07, 6.45) is 0. The van der Waals surface area contributed by atoms with Crippen molar-refractivity contribution >= 4 is 11.7 Å². The Bertz CT molecular complexity index is 485. The first-order chi connectivity index (χ1) is 9.93. The maximum Gasteiger partial charge on any atom is 0.258 e. The van der Waals surface area contributed by atoms with Crippen LogP contribution in [0, 0.1) is 5.92 Å². The molecular formula is C16H23NO4. The van der Waals surface area contributed by atoms with Gasteiger partial charge in [0.25, 0.3) is 5.91 Å². The van der Waals surface area contributed by atoms with Gasteiger partial charge in [-0.25, -0.2) is 0 Å². The first-order valence-electron chi connectivity index (χ1n) is 6.94. The molecule has 1 rings (SSSR count). The topological polar surface area (TPSA) is 64.6 Å². The quantitative estimate of drug-likeness (QED) is 0.795. The highest BCUT2D eigenvalue weighted by atomic mass is 16.5. The molecule has 0 fully saturated rings. The Hall–Kier alpha value is -1.88. The van der Waals surface area contributed by atoms with Crippen molar-refractivity contribution < 1.29 is 19.1 Å². The number of rotatable bonds is 8. The van der Waals surface area contributed by atoms with Crippen molar-refractivity contribution in [1.29, 1.82) is 0 Å². The van der Waals surface area contributed by atoms with Crippen molar-refractivity contribution in [3.63, 3.8) is 0 Å². The fourth-order valence-electron chi connectivity index (χ4n) is 1.99. The molecule has 0 aliphatic heterocycles. The molecule has 21 heavy (non-hydrogen) atoms. The first kappa shape index (κ1) is 17.2. The van der Waals surface area contributed by atoms with E-state index >= 15 is 0 Å². The van der Waals surface area contributed by atoms with Crippen LogP contribution in [-0.4, -0.2) is 31.4 Å². The van der Waals surface area contributed by atoms with E-state index < -0.39 is 6.04 Å². The Kier molecular flexibility index (Phi) is 6.88. The number of benzene rings is 1. The zero-order valence-corrected chi connectivity index (χ0v) is 13.0. The molecule has 0 aliphatic carbocycles. The maximum atomic E-state index is 11.8. The van der Waals surface area contributed by atoms with Gasteiger partial charge in [-0.15, -0.1) is 0 Å². The highest BCUT2D eigenvalue weighted by Crippen LogP contribution is 2.13. The Morgan fingerprint density at radius 2 is 2.00 bits per heavy atom. The molecular weight excluding hydrogens is 270 g/mol. The molecule has 1 N–H and O–H groups in total. The summed E-state index contributed by atoms with van der Waals surface area (Å²) in [6.45, 7) is 5.62. The van der Waals surface area contributed by atoms with Crippen molar-refractivity contribution in [2.24, 2.45) is 5.92 Å². The monoisotopic (exact) mass is 293 g/mol. The van der Waals surface area contributed by atoms with Crippen LogP contribution in [0.15, 0.2) is 24.3 Å². The second kappa shape index (κ2) is 8.42. The molecule has 116 valence electrons. The molecule has 0 aromatic heterocycles. The average Bonchev–Trinajstić information content (AvgIpc) is 2.42. The molecule has 0 radical (unpaired) electrons. The predicted octanol–water partition coefficient (Wildman–Crippen LogP) is 1.94. The number of ketones is 1. The van der Waals surface area contributed by atoms with Gasteiger partial charge in [0.2, 0.25) is 0 Å². The highest BCUT2D eigenvalue weighted by molar-refractivity contribution is 5.88. The van der Waals surface area contributed by atoms with E-state index in [2.05, 4.69) is 5.32 Å². The zero-order valence-electron chi connectivity index (χ0n) is 13.0. The zero-order chi connectivity index (χ0) is 15.8. The van der Waals surface area contributed by atoms with E-state index in [0.717, 1.165) is 5.56 Å². The molecule has 5 heteroatoms. The molecule has 1 atom stereocenters. The highest BCUT2D eigenvalue weighted by Gasteiger charge is 2.20. The fourth-order valence-corrected chi connectivity index (χ4v) is 1.99. The summed E-state index contributed by atoms with van der Waals surface area (Å²) in [5, 5.41) is 2.69. The summed E-state index contributed by atoms with van der Waals surface area (Å²) in [5.74, 6) is 0.293. The van der Waals surface area contributed by atoms with Crippen molar-refractivity contribution in [2.75, 3.05) is 13.7 Å². The number of carbonyl (C=O) groups excluding carboxylic acids is 2. The van der Waals surface area contributed by atoms with Gasteiger partial charge in [-0.05, 0) is 30.5 Å². The van der Waals surface area contributed by atoms with E-state index in [9.17, 15) is 9.59 Å². The normalized spacial score (nSPS) is 12.0. The summed E-state index contributed by atoms with van der Waals surface area (Å²) in [5.41, 5.74) is 0.971. The van der Waals surface area contributed by atoms with Crippen LogP contribution in [0.25, 0.3) is 0 Å². The van der Waals surface area contributed by atoms with E-state index in [-0.39, 0.29) is 24.2 Å². The lowest BCUT2D eigenvalue weighted by atomic mass is 10.0. The molecule has 5 nitrogen and oxygen atoms in total. The van der Waals surface area contributed by atoms with Gasteiger partial charge in [-0.2, -0.15) is 0 Å². The number of amides is 1. The SMILES string of the molecule is COCc1cccc(OCC(=O)NC(C(C)=O)C(C)C)c1. The number of methoxy groups -OCH3 is 1. The second-order valence-corrected chi connectivity index (χ2v) is 5.27. The van der Waals surface area contributed by atoms with Crippen LogP contribution in [0.1, 0.15) is 26.3 Å². The minimum atomic E-state index is -0.471. The molecule has 0 heterocycles. The Morgan fingerprint density at radius 3 is 2.57 bits per heavy atom. The van der Waals surface area contributed by atoms with Gasteiger partial charge in [-0.3, -0.25) is 9.59 Å². The van der Waals surface area contributed by atoms with E-state index in [0.29, 0.717) is 12.4 Å². The summed E-state index contributed by atoms with van der Waals surface area (Å²) < 4.78 is 10.5. The van der Waals surface area contributed by atoms with Crippen LogP contribution in [0.4, 0.5) is 0 Å². The maximum absolute atomic E-state index is 11.8. The predicted molar refractivity (Wildman–Crippen MR) is 80.1 cm³/mol. The third kappa shape index (κ3) is 5.95. The first-order valence-corrected chi connectivity index (χ1v) is 6.94. The summed E-state index contributed by atoms with van der Waals surface area (Å²) >= 11 is 0. The number of hydrogen-bond donors (Lipinski definition) is 1. The number of Topliss-reactive ketones (excluding diaryl/α,β-unsaturated/α-hetero) is 1. The third-order valence-corrected chi connectivity index (χ3v) is 3.00. The lowest BCUT2D eigenvalue weighted by Crippen LogP contribution is -2.45. The van der Waals surface area contributed by atoms with E-state index in [1.54, 1.807) is 13.2 Å². The second-order valence-electron chi connectivity index (χ2n) is 5.27. The van der Waals surface area contributed by atoms with Gasteiger partial charge < -0.3 is 14.8 Å². The number of ether oxygens (including phenoxy) is 2. The largest absolute Gasteiger partial charge is 0.484 e. The average molecular weight is 293 g/mol. The number of hydrogen-bond acceptors (Lipinski definition) is 4. The molecule has 0 aliphatic rings. The van der Waals surface area contributed by atoms with Gasteiger partial charge in [-0.1, -0.05) is 26.0 Å². The number of carbonyl (C=O) groups is 2. The van der Waals surface area contributed by atoms with Crippen molar-refractivity contribution in [3.05, 3.63) is 29.8 Å². The van der Waals surface area contributed by atoms with Gasteiger partial charge >= 0.3 is 0 Å². The van der Waals surface area contributed by atoms with Gasteiger partial charge in [0.1, 0.15) is 5.75 Å². The smallest absolute Gasteiger partial charge is 0.258 e. The van der Waals surface area contributed by atoms with E-state index in [4.69, 9.17) is 9.47 Å². The van der Waals surface area contributed by atoms with E-state index in [1.165, 1.54) is 6.92 Å². The van der Waals surface area contributed by atoms with Crippen molar-refractivity contribution in [2.45, 2.75) is 33.4 Å². The van der Waals surface area contributed by atoms with Crippen LogP contribution < -0.4 is 10.1 Å². The van der Waals surface area contributed by atoms with Crippen molar-refractivity contribution in [1.82, 2.24) is 5.32 Å². The third-order valence-electron chi connectivity index (χ3n) is 3.00. The molecule has 0 saturated carbocycles. The molecule has 1 aromatic rings. The Balaban J connectivity index is 2.52. The minimum Gasteiger partial charge on any atom is -0.484 e.